The number of hydrogen-bond acceptors (Lipinski definition) is 3. The first-order valence-corrected chi connectivity index (χ1v) is 7.27. The van der Waals surface area contributed by atoms with Crippen molar-refractivity contribution in [2.45, 2.75) is 32.7 Å². The fraction of sp³-hybridized carbons (Fsp3) is 0.467. The van der Waals surface area contributed by atoms with Gasteiger partial charge in [-0.15, -0.1) is 0 Å². The van der Waals surface area contributed by atoms with Crippen LogP contribution in [0.15, 0.2) is 18.2 Å². The summed E-state index contributed by atoms with van der Waals surface area (Å²) < 4.78 is 0. The fourth-order valence-electron chi connectivity index (χ4n) is 2.76. The number of nitrogens with zero attached hydrogens (tertiary/aromatic N) is 1. The van der Waals surface area contributed by atoms with E-state index < -0.39 is 0 Å². The highest BCUT2D eigenvalue weighted by atomic mass is 32.1. The molecule has 1 aliphatic rings. The monoisotopic (exact) mass is 291 g/mol. The third-order valence-corrected chi connectivity index (χ3v) is 4.23. The van der Waals surface area contributed by atoms with Crippen LogP contribution in [0.1, 0.15) is 30.9 Å². The minimum absolute atomic E-state index is 0.106. The summed E-state index contributed by atoms with van der Waals surface area (Å²) in [6, 6.07) is 6.38. The predicted octanol–water partition coefficient (Wildman–Crippen LogP) is 1.72. The molecule has 1 saturated heterocycles. The van der Waals surface area contributed by atoms with E-state index in [2.05, 4.69) is 17.9 Å². The number of benzene rings is 1. The average Bonchev–Trinajstić information content (AvgIpc) is 2.38. The standard InChI is InChI=1S/C15H21N3OS/c1-9-3-6-12(15(17)20)13(7-9)18-8-11(14(16)19)5-4-10(18)2/h3,6-7,10-11H,4-5,8H2,1-2H3,(H2,16,19)(H2,17,20). The van der Waals surface area contributed by atoms with E-state index in [9.17, 15) is 4.79 Å². The van der Waals surface area contributed by atoms with Crippen LogP contribution in [-0.4, -0.2) is 23.5 Å². The molecule has 2 unspecified atom stereocenters. The van der Waals surface area contributed by atoms with Gasteiger partial charge in [0.25, 0.3) is 0 Å². The van der Waals surface area contributed by atoms with Crippen molar-refractivity contribution in [3.63, 3.8) is 0 Å². The smallest absolute Gasteiger partial charge is 0.222 e. The van der Waals surface area contributed by atoms with Crippen molar-refractivity contribution < 1.29 is 4.79 Å². The maximum atomic E-state index is 11.5. The number of rotatable bonds is 3. The Balaban J connectivity index is 2.40. The van der Waals surface area contributed by atoms with E-state index in [1.165, 1.54) is 0 Å². The summed E-state index contributed by atoms with van der Waals surface area (Å²) in [5, 5.41) is 0. The number of thiocarbonyl (C=S) groups is 1. The summed E-state index contributed by atoms with van der Waals surface area (Å²) in [6.45, 7) is 4.82. The second-order valence-corrected chi connectivity index (χ2v) is 6.00. The molecule has 0 aliphatic carbocycles. The normalized spacial score (nSPS) is 22.6. The number of hydrogen-bond donors (Lipinski definition) is 2. The first-order chi connectivity index (χ1) is 9.40. The zero-order valence-corrected chi connectivity index (χ0v) is 12.7. The van der Waals surface area contributed by atoms with E-state index in [0.29, 0.717) is 17.6 Å². The molecule has 0 saturated carbocycles. The lowest BCUT2D eigenvalue weighted by molar-refractivity contribution is -0.122. The van der Waals surface area contributed by atoms with Crippen LogP contribution in [0.25, 0.3) is 0 Å². The molecular weight excluding hydrogens is 270 g/mol. The van der Waals surface area contributed by atoms with Gasteiger partial charge in [-0.3, -0.25) is 4.79 Å². The van der Waals surface area contributed by atoms with Gasteiger partial charge in [0.05, 0.1) is 5.92 Å². The lowest BCUT2D eigenvalue weighted by Crippen LogP contribution is -2.46. The molecule has 1 fully saturated rings. The van der Waals surface area contributed by atoms with Gasteiger partial charge in [-0.25, -0.2) is 0 Å². The van der Waals surface area contributed by atoms with Crippen LogP contribution >= 0.6 is 12.2 Å². The molecule has 1 amide bonds. The van der Waals surface area contributed by atoms with Crippen LogP contribution in [0.4, 0.5) is 5.69 Å². The second kappa shape index (κ2) is 5.79. The molecular formula is C15H21N3OS. The number of carbonyl (C=O) groups is 1. The van der Waals surface area contributed by atoms with Crippen molar-refractivity contribution in [1.29, 1.82) is 0 Å². The van der Waals surface area contributed by atoms with E-state index >= 15 is 0 Å². The van der Waals surface area contributed by atoms with E-state index in [0.717, 1.165) is 29.7 Å². The van der Waals surface area contributed by atoms with Crippen LogP contribution in [0.2, 0.25) is 0 Å². The maximum absolute atomic E-state index is 11.5. The first kappa shape index (κ1) is 14.8. The summed E-state index contributed by atoms with van der Waals surface area (Å²) in [4.78, 5) is 14.1. The van der Waals surface area contributed by atoms with Crippen molar-refractivity contribution in [3.05, 3.63) is 29.3 Å². The largest absolute Gasteiger partial charge is 0.389 e. The van der Waals surface area contributed by atoms with Crippen molar-refractivity contribution in [2.24, 2.45) is 17.4 Å². The van der Waals surface area contributed by atoms with Gasteiger partial charge >= 0.3 is 0 Å². The summed E-state index contributed by atoms with van der Waals surface area (Å²) in [5.41, 5.74) is 14.3. The molecule has 1 heterocycles. The molecule has 5 heteroatoms. The van der Waals surface area contributed by atoms with Crippen molar-refractivity contribution in [3.8, 4) is 0 Å². The topological polar surface area (TPSA) is 72.3 Å². The Labute approximate surface area is 125 Å². The van der Waals surface area contributed by atoms with Crippen LogP contribution in [-0.2, 0) is 4.79 Å². The highest BCUT2D eigenvalue weighted by Gasteiger charge is 2.30. The van der Waals surface area contributed by atoms with Crippen molar-refractivity contribution >= 4 is 28.8 Å². The van der Waals surface area contributed by atoms with Gasteiger partial charge in [0.15, 0.2) is 0 Å². The Morgan fingerprint density at radius 3 is 2.65 bits per heavy atom. The van der Waals surface area contributed by atoms with E-state index in [1.54, 1.807) is 0 Å². The lowest BCUT2D eigenvalue weighted by atomic mass is 9.91. The molecule has 108 valence electrons. The molecule has 4 nitrogen and oxygen atoms in total. The maximum Gasteiger partial charge on any atom is 0.222 e. The molecule has 4 N–H and O–H groups in total. The van der Waals surface area contributed by atoms with Gasteiger partial charge in [0.2, 0.25) is 5.91 Å². The molecule has 0 radical (unpaired) electrons. The molecule has 0 aromatic heterocycles. The SMILES string of the molecule is Cc1ccc(C(N)=S)c(N2CC(C(N)=O)CCC2C)c1. The number of piperidine rings is 1. The minimum atomic E-state index is -0.230. The Kier molecular flexibility index (Phi) is 4.28. The van der Waals surface area contributed by atoms with Gasteiger partial charge in [-0.2, -0.15) is 0 Å². The summed E-state index contributed by atoms with van der Waals surface area (Å²) in [6.07, 6.45) is 1.79. The number of primary amides is 1. The van der Waals surface area contributed by atoms with E-state index in [1.807, 2.05) is 19.1 Å². The minimum Gasteiger partial charge on any atom is -0.389 e. The number of carbonyl (C=O) groups excluding carboxylic acids is 1. The molecule has 1 aliphatic heterocycles. The van der Waals surface area contributed by atoms with Gasteiger partial charge in [0, 0.05) is 23.8 Å². The van der Waals surface area contributed by atoms with Crippen LogP contribution in [0.3, 0.4) is 0 Å². The molecule has 0 bridgehead atoms. The van der Waals surface area contributed by atoms with Gasteiger partial charge in [-0.05, 0) is 44.4 Å². The Bertz CT molecular complexity index is 544. The van der Waals surface area contributed by atoms with Crippen LogP contribution < -0.4 is 16.4 Å². The van der Waals surface area contributed by atoms with Crippen molar-refractivity contribution in [1.82, 2.24) is 0 Å². The average molecular weight is 291 g/mol. The number of nitrogens with two attached hydrogens (primary N) is 2. The molecule has 1 aromatic rings. The quantitative estimate of drug-likeness (QED) is 0.832. The fourth-order valence-corrected chi connectivity index (χ4v) is 2.94. The highest BCUT2D eigenvalue weighted by Crippen LogP contribution is 2.31. The number of amides is 1. The Morgan fingerprint density at radius 1 is 1.35 bits per heavy atom. The van der Waals surface area contributed by atoms with Crippen LogP contribution in [0.5, 0.6) is 0 Å². The summed E-state index contributed by atoms with van der Waals surface area (Å²) in [5.74, 6) is -0.336. The summed E-state index contributed by atoms with van der Waals surface area (Å²) >= 11 is 5.14. The summed E-state index contributed by atoms with van der Waals surface area (Å²) in [7, 11) is 0. The molecule has 0 spiro atoms. The second-order valence-electron chi connectivity index (χ2n) is 5.56. The lowest BCUT2D eigenvalue weighted by Gasteiger charge is -2.39. The third-order valence-electron chi connectivity index (χ3n) is 4.01. The molecule has 20 heavy (non-hydrogen) atoms. The first-order valence-electron chi connectivity index (χ1n) is 6.86. The van der Waals surface area contributed by atoms with Gasteiger partial charge < -0.3 is 16.4 Å². The van der Waals surface area contributed by atoms with Crippen LogP contribution in [0, 0.1) is 12.8 Å². The Hall–Kier alpha value is -1.62. The molecule has 2 atom stereocenters. The van der Waals surface area contributed by atoms with E-state index in [-0.39, 0.29) is 11.8 Å². The highest BCUT2D eigenvalue weighted by molar-refractivity contribution is 7.80. The number of anilines is 1. The van der Waals surface area contributed by atoms with Crippen molar-refractivity contribution in [2.75, 3.05) is 11.4 Å². The third kappa shape index (κ3) is 2.93. The molecule has 1 aromatic carbocycles. The zero-order chi connectivity index (χ0) is 14.9. The molecule has 2 rings (SSSR count). The number of aryl methyl sites for hydroxylation is 1. The zero-order valence-electron chi connectivity index (χ0n) is 11.9. The van der Waals surface area contributed by atoms with Gasteiger partial charge in [-0.1, -0.05) is 18.3 Å². The predicted molar refractivity (Wildman–Crippen MR) is 85.8 cm³/mol. The van der Waals surface area contributed by atoms with E-state index in [4.69, 9.17) is 23.7 Å². The Morgan fingerprint density at radius 2 is 2.05 bits per heavy atom. The van der Waals surface area contributed by atoms with Gasteiger partial charge in [0.1, 0.15) is 4.99 Å².